The Morgan fingerprint density at radius 2 is 2.40 bits per heavy atom. The van der Waals surface area contributed by atoms with Gasteiger partial charge in [0.2, 0.25) is 0 Å². The molecule has 1 aromatic heterocycles. The second-order valence-electron chi connectivity index (χ2n) is 3.89. The highest BCUT2D eigenvalue weighted by Gasteiger charge is 2.20. The lowest BCUT2D eigenvalue weighted by Crippen LogP contribution is -2.07. The van der Waals surface area contributed by atoms with Crippen LogP contribution in [0.1, 0.15) is 19.3 Å². The standard InChI is InChI=1S/C11H17N3O/c1(7-15-8-10-2-3-10)5-13-11-4-6-12-9-14-11/h4,6,9-10H,1-3,5,7-8H2,(H,12,13,14). The van der Waals surface area contributed by atoms with Crippen molar-refractivity contribution in [3.8, 4) is 0 Å². The van der Waals surface area contributed by atoms with E-state index in [0.29, 0.717) is 0 Å². The second-order valence-corrected chi connectivity index (χ2v) is 3.89. The average molecular weight is 207 g/mol. The largest absolute Gasteiger partial charge is 0.381 e. The number of nitrogens with zero attached hydrogens (tertiary/aromatic N) is 2. The predicted octanol–water partition coefficient (Wildman–Crippen LogP) is 1.71. The molecule has 1 aliphatic rings. The van der Waals surface area contributed by atoms with Gasteiger partial charge in [-0.15, -0.1) is 0 Å². The molecule has 1 aromatic rings. The lowest BCUT2D eigenvalue weighted by Gasteiger charge is -2.05. The third-order valence-electron chi connectivity index (χ3n) is 2.40. The van der Waals surface area contributed by atoms with E-state index in [1.807, 2.05) is 6.07 Å². The molecule has 0 radical (unpaired) electrons. The SMILES string of the molecule is c1cc(NCCCOCC2CC2)ncn1. The molecule has 1 aliphatic carbocycles. The highest BCUT2D eigenvalue weighted by atomic mass is 16.5. The number of rotatable bonds is 7. The van der Waals surface area contributed by atoms with Gasteiger partial charge >= 0.3 is 0 Å². The molecule has 0 bridgehead atoms. The van der Waals surface area contributed by atoms with Crippen molar-refractivity contribution in [2.45, 2.75) is 19.3 Å². The summed E-state index contributed by atoms with van der Waals surface area (Å²) in [6.45, 7) is 2.70. The van der Waals surface area contributed by atoms with Crippen molar-refractivity contribution >= 4 is 5.82 Å². The van der Waals surface area contributed by atoms with Gasteiger partial charge in [0.25, 0.3) is 0 Å². The minimum atomic E-state index is 0.842. The van der Waals surface area contributed by atoms with Crippen LogP contribution in [0.15, 0.2) is 18.6 Å². The molecule has 1 N–H and O–H groups in total. The maximum atomic E-state index is 5.52. The molecule has 0 atom stereocenters. The third-order valence-corrected chi connectivity index (χ3v) is 2.40. The van der Waals surface area contributed by atoms with Gasteiger partial charge in [0.1, 0.15) is 12.1 Å². The molecule has 82 valence electrons. The summed E-state index contributed by atoms with van der Waals surface area (Å²) in [5.74, 6) is 1.74. The van der Waals surface area contributed by atoms with Gasteiger partial charge in [0.05, 0.1) is 0 Å². The molecule has 1 fully saturated rings. The molecular formula is C11H17N3O. The molecule has 4 nitrogen and oxygen atoms in total. The van der Waals surface area contributed by atoms with Crippen LogP contribution in [0.3, 0.4) is 0 Å². The van der Waals surface area contributed by atoms with E-state index in [1.54, 1.807) is 12.5 Å². The molecule has 0 unspecified atom stereocenters. The lowest BCUT2D eigenvalue weighted by atomic mass is 10.4. The van der Waals surface area contributed by atoms with Crippen molar-refractivity contribution in [2.75, 3.05) is 25.1 Å². The Labute approximate surface area is 90.1 Å². The monoisotopic (exact) mass is 207 g/mol. The minimum absolute atomic E-state index is 0.842. The van der Waals surface area contributed by atoms with E-state index >= 15 is 0 Å². The predicted molar refractivity (Wildman–Crippen MR) is 58.7 cm³/mol. The zero-order valence-electron chi connectivity index (χ0n) is 8.85. The Bertz CT molecular complexity index is 274. The topological polar surface area (TPSA) is 47.0 Å². The number of hydrogen-bond donors (Lipinski definition) is 1. The third kappa shape index (κ3) is 4.25. The first-order valence-electron chi connectivity index (χ1n) is 5.53. The Morgan fingerprint density at radius 1 is 1.47 bits per heavy atom. The van der Waals surface area contributed by atoms with Crippen molar-refractivity contribution < 1.29 is 4.74 Å². The molecule has 0 saturated heterocycles. The summed E-state index contributed by atoms with van der Waals surface area (Å²) in [7, 11) is 0. The van der Waals surface area contributed by atoms with Crippen molar-refractivity contribution in [1.82, 2.24) is 9.97 Å². The number of nitrogens with one attached hydrogen (secondary N) is 1. The van der Waals surface area contributed by atoms with Gasteiger partial charge in [-0.1, -0.05) is 0 Å². The molecule has 0 amide bonds. The van der Waals surface area contributed by atoms with E-state index in [1.165, 1.54) is 12.8 Å². The Hall–Kier alpha value is -1.16. The maximum Gasteiger partial charge on any atom is 0.129 e. The normalized spacial score (nSPS) is 15.2. The van der Waals surface area contributed by atoms with Gasteiger partial charge in [-0.3, -0.25) is 0 Å². The van der Waals surface area contributed by atoms with E-state index < -0.39 is 0 Å². The summed E-state index contributed by atoms with van der Waals surface area (Å²) in [5.41, 5.74) is 0. The quantitative estimate of drug-likeness (QED) is 0.691. The van der Waals surface area contributed by atoms with E-state index in [-0.39, 0.29) is 0 Å². The van der Waals surface area contributed by atoms with E-state index in [4.69, 9.17) is 4.74 Å². The fraction of sp³-hybridized carbons (Fsp3) is 0.636. The molecule has 0 aliphatic heterocycles. The molecule has 2 rings (SSSR count). The molecule has 0 aromatic carbocycles. The van der Waals surface area contributed by atoms with Crippen molar-refractivity contribution in [2.24, 2.45) is 5.92 Å². The van der Waals surface area contributed by atoms with E-state index in [0.717, 1.165) is 37.9 Å². The molecule has 4 heteroatoms. The number of anilines is 1. The van der Waals surface area contributed by atoms with Gasteiger partial charge in [-0.25, -0.2) is 9.97 Å². The molecule has 0 spiro atoms. The van der Waals surface area contributed by atoms with Crippen LogP contribution in [0.25, 0.3) is 0 Å². The zero-order valence-corrected chi connectivity index (χ0v) is 8.85. The molecule has 1 saturated carbocycles. The summed E-state index contributed by atoms with van der Waals surface area (Å²) in [4.78, 5) is 7.93. The Kier molecular flexibility index (Phi) is 3.91. The van der Waals surface area contributed by atoms with Gasteiger partial charge < -0.3 is 10.1 Å². The van der Waals surface area contributed by atoms with Crippen LogP contribution in [0.4, 0.5) is 5.82 Å². The Morgan fingerprint density at radius 3 is 3.13 bits per heavy atom. The van der Waals surface area contributed by atoms with Crippen LogP contribution in [0, 0.1) is 5.92 Å². The highest BCUT2D eigenvalue weighted by molar-refractivity contribution is 5.30. The molecule has 15 heavy (non-hydrogen) atoms. The highest BCUT2D eigenvalue weighted by Crippen LogP contribution is 2.28. The van der Waals surface area contributed by atoms with Gasteiger partial charge in [-0.2, -0.15) is 0 Å². The summed E-state index contributed by atoms with van der Waals surface area (Å²) in [5, 5.41) is 3.22. The minimum Gasteiger partial charge on any atom is -0.381 e. The van der Waals surface area contributed by atoms with Gasteiger partial charge in [-0.05, 0) is 31.2 Å². The van der Waals surface area contributed by atoms with Crippen LogP contribution < -0.4 is 5.32 Å². The number of aromatic nitrogens is 2. The zero-order chi connectivity index (χ0) is 10.3. The van der Waals surface area contributed by atoms with Crippen LogP contribution in [-0.4, -0.2) is 29.7 Å². The summed E-state index contributed by atoms with van der Waals surface area (Å²) < 4.78 is 5.52. The fourth-order valence-electron chi connectivity index (χ4n) is 1.32. The van der Waals surface area contributed by atoms with Gasteiger partial charge in [0.15, 0.2) is 0 Å². The second kappa shape index (κ2) is 5.66. The van der Waals surface area contributed by atoms with Crippen LogP contribution in [-0.2, 0) is 4.74 Å². The summed E-state index contributed by atoms with van der Waals surface area (Å²) >= 11 is 0. The first-order valence-corrected chi connectivity index (χ1v) is 5.53. The fourth-order valence-corrected chi connectivity index (χ4v) is 1.32. The average Bonchev–Trinajstić information content (AvgIpc) is 3.09. The van der Waals surface area contributed by atoms with Crippen LogP contribution in [0.5, 0.6) is 0 Å². The molecule has 1 heterocycles. The Balaban J connectivity index is 1.47. The smallest absolute Gasteiger partial charge is 0.129 e. The van der Waals surface area contributed by atoms with E-state index in [9.17, 15) is 0 Å². The van der Waals surface area contributed by atoms with Crippen molar-refractivity contribution in [3.05, 3.63) is 18.6 Å². The summed E-state index contributed by atoms with van der Waals surface area (Å²) in [6, 6.07) is 1.87. The molecular weight excluding hydrogens is 190 g/mol. The summed E-state index contributed by atoms with van der Waals surface area (Å²) in [6.07, 6.45) is 7.03. The first kappa shape index (κ1) is 10.4. The number of hydrogen-bond acceptors (Lipinski definition) is 4. The maximum absolute atomic E-state index is 5.52. The lowest BCUT2D eigenvalue weighted by molar-refractivity contribution is 0.124. The van der Waals surface area contributed by atoms with Crippen molar-refractivity contribution in [1.29, 1.82) is 0 Å². The van der Waals surface area contributed by atoms with Crippen LogP contribution >= 0.6 is 0 Å². The van der Waals surface area contributed by atoms with Crippen LogP contribution in [0.2, 0.25) is 0 Å². The van der Waals surface area contributed by atoms with Gasteiger partial charge in [0, 0.05) is 26.0 Å². The number of ether oxygens (including phenoxy) is 1. The van der Waals surface area contributed by atoms with Crippen molar-refractivity contribution in [3.63, 3.8) is 0 Å². The van der Waals surface area contributed by atoms with E-state index in [2.05, 4.69) is 15.3 Å². The first-order chi connectivity index (χ1) is 7.45.